The van der Waals surface area contributed by atoms with Crippen LogP contribution in [0.2, 0.25) is 0 Å². The molecule has 0 saturated heterocycles. The lowest BCUT2D eigenvalue weighted by molar-refractivity contribution is 0.0698. The van der Waals surface area contributed by atoms with E-state index >= 15 is 0 Å². The number of para-hydroxylation sites is 1. The molecule has 0 atom stereocenters. The van der Waals surface area contributed by atoms with Crippen LogP contribution in [0.4, 0.5) is 11.4 Å². The zero-order valence-electron chi connectivity index (χ0n) is 11.0. The molecule has 0 radical (unpaired) electrons. The Kier molecular flexibility index (Phi) is 4.97. The predicted molar refractivity (Wildman–Crippen MR) is 72.2 cm³/mol. The molecule has 1 rings (SSSR count). The van der Waals surface area contributed by atoms with Crippen LogP contribution >= 0.6 is 0 Å². The molecule has 0 fully saturated rings. The van der Waals surface area contributed by atoms with Crippen LogP contribution in [0.25, 0.3) is 0 Å². The van der Waals surface area contributed by atoms with Crippen molar-refractivity contribution in [1.82, 2.24) is 0 Å². The Morgan fingerprint density at radius 1 is 1.50 bits per heavy atom. The fourth-order valence-electron chi connectivity index (χ4n) is 1.84. The van der Waals surface area contributed by atoms with E-state index in [1.165, 1.54) is 6.07 Å². The van der Waals surface area contributed by atoms with Crippen molar-refractivity contribution >= 4 is 17.3 Å². The lowest BCUT2D eigenvalue weighted by atomic mass is 10.1. The first-order chi connectivity index (χ1) is 8.49. The number of anilines is 2. The maximum Gasteiger partial charge on any atom is 0.337 e. The second-order valence-corrected chi connectivity index (χ2v) is 4.32. The van der Waals surface area contributed by atoms with Gasteiger partial charge in [-0.3, -0.25) is 0 Å². The number of rotatable bonds is 6. The summed E-state index contributed by atoms with van der Waals surface area (Å²) in [5.74, 6) is -1.01. The highest BCUT2D eigenvalue weighted by Gasteiger charge is 2.17. The lowest BCUT2D eigenvalue weighted by Gasteiger charge is -2.30. The van der Waals surface area contributed by atoms with Crippen molar-refractivity contribution in [2.45, 2.75) is 19.9 Å². The van der Waals surface area contributed by atoms with Gasteiger partial charge in [-0.1, -0.05) is 6.07 Å². The minimum absolute atomic E-state index is 0.135. The monoisotopic (exact) mass is 252 g/mol. The van der Waals surface area contributed by atoms with Crippen molar-refractivity contribution in [3.05, 3.63) is 23.8 Å². The molecule has 0 aliphatic carbocycles. The van der Waals surface area contributed by atoms with Crippen molar-refractivity contribution in [1.29, 1.82) is 0 Å². The molecule has 1 aromatic rings. The summed E-state index contributed by atoms with van der Waals surface area (Å²) < 4.78 is 5.06. The first kappa shape index (κ1) is 14.3. The highest BCUT2D eigenvalue weighted by Crippen LogP contribution is 2.28. The van der Waals surface area contributed by atoms with Gasteiger partial charge < -0.3 is 20.5 Å². The molecule has 0 amide bonds. The Labute approximate surface area is 107 Å². The van der Waals surface area contributed by atoms with Gasteiger partial charge in [0.2, 0.25) is 0 Å². The van der Waals surface area contributed by atoms with Crippen LogP contribution < -0.4 is 10.6 Å². The van der Waals surface area contributed by atoms with Gasteiger partial charge in [-0.05, 0) is 26.0 Å². The largest absolute Gasteiger partial charge is 0.478 e. The maximum absolute atomic E-state index is 11.1. The number of nitrogens with two attached hydrogens (primary N) is 1. The second-order valence-electron chi connectivity index (χ2n) is 4.32. The van der Waals surface area contributed by atoms with Gasteiger partial charge in [0, 0.05) is 19.7 Å². The number of carboxylic acids is 1. The van der Waals surface area contributed by atoms with E-state index in [1.807, 2.05) is 24.8 Å². The highest BCUT2D eigenvalue weighted by atomic mass is 16.5. The van der Waals surface area contributed by atoms with E-state index in [-0.39, 0.29) is 11.6 Å². The maximum atomic E-state index is 11.1. The molecule has 100 valence electrons. The smallest absolute Gasteiger partial charge is 0.337 e. The van der Waals surface area contributed by atoms with Gasteiger partial charge in [-0.2, -0.15) is 0 Å². The third-order valence-electron chi connectivity index (χ3n) is 2.78. The number of hydrogen-bond acceptors (Lipinski definition) is 4. The van der Waals surface area contributed by atoms with Crippen molar-refractivity contribution in [2.24, 2.45) is 0 Å². The molecular weight excluding hydrogens is 232 g/mol. The summed E-state index contributed by atoms with van der Waals surface area (Å²) in [6.07, 6.45) is 0. The molecule has 0 unspecified atom stereocenters. The first-order valence-corrected chi connectivity index (χ1v) is 5.86. The lowest BCUT2D eigenvalue weighted by Crippen LogP contribution is -2.34. The minimum atomic E-state index is -1.01. The van der Waals surface area contributed by atoms with Crippen molar-refractivity contribution in [3.63, 3.8) is 0 Å². The minimum Gasteiger partial charge on any atom is -0.478 e. The average molecular weight is 252 g/mol. The summed E-state index contributed by atoms with van der Waals surface area (Å²) >= 11 is 0. The van der Waals surface area contributed by atoms with Crippen molar-refractivity contribution < 1.29 is 14.6 Å². The molecule has 5 heteroatoms. The molecule has 18 heavy (non-hydrogen) atoms. The molecule has 0 saturated carbocycles. The number of nitrogens with zero attached hydrogens (tertiary/aromatic N) is 1. The van der Waals surface area contributed by atoms with Gasteiger partial charge in [0.25, 0.3) is 0 Å². The number of carbonyl (C=O) groups is 1. The van der Waals surface area contributed by atoms with E-state index in [9.17, 15) is 4.79 Å². The fraction of sp³-hybridized carbons (Fsp3) is 0.462. The Bertz CT molecular complexity index is 419. The molecule has 0 heterocycles. The van der Waals surface area contributed by atoms with Crippen molar-refractivity contribution in [3.8, 4) is 0 Å². The Morgan fingerprint density at radius 2 is 2.17 bits per heavy atom. The van der Waals surface area contributed by atoms with Crippen LogP contribution in [0.3, 0.4) is 0 Å². The molecule has 0 spiro atoms. The van der Waals surface area contributed by atoms with Crippen LogP contribution in [-0.4, -0.2) is 37.4 Å². The van der Waals surface area contributed by atoms with Crippen molar-refractivity contribution in [2.75, 3.05) is 30.9 Å². The SMILES string of the molecule is COCCN(c1cccc(C(=O)O)c1N)C(C)C. The van der Waals surface area contributed by atoms with E-state index in [0.29, 0.717) is 18.8 Å². The number of ether oxygens (including phenoxy) is 1. The fourth-order valence-corrected chi connectivity index (χ4v) is 1.84. The number of nitrogen functional groups attached to an aromatic ring is 1. The number of aromatic carboxylic acids is 1. The van der Waals surface area contributed by atoms with Gasteiger partial charge in [0.1, 0.15) is 0 Å². The Morgan fingerprint density at radius 3 is 2.67 bits per heavy atom. The number of hydrogen-bond donors (Lipinski definition) is 2. The molecule has 0 aliphatic rings. The van der Waals surface area contributed by atoms with Gasteiger partial charge in [0.05, 0.1) is 23.5 Å². The van der Waals surface area contributed by atoms with Crippen LogP contribution in [0.1, 0.15) is 24.2 Å². The van der Waals surface area contributed by atoms with Gasteiger partial charge in [0.15, 0.2) is 0 Å². The summed E-state index contributed by atoms with van der Waals surface area (Å²) in [6.45, 7) is 5.29. The summed E-state index contributed by atoms with van der Waals surface area (Å²) in [4.78, 5) is 13.1. The molecule has 0 bridgehead atoms. The van der Waals surface area contributed by atoms with Gasteiger partial charge in [-0.25, -0.2) is 4.79 Å². The topological polar surface area (TPSA) is 75.8 Å². The van der Waals surface area contributed by atoms with Crippen LogP contribution in [-0.2, 0) is 4.74 Å². The number of methoxy groups -OCH3 is 1. The van der Waals surface area contributed by atoms with E-state index in [0.717, 1.165) is 5.69 Å². The van der Waals surface area contributed by atoms with E-state index in [2.05, 4.69) is 0 Å². The summed E-state index contributed by atoms with van der Waals surface area (Å²) in [7, 11) is 1.63. The summed E-state index contributed by atoms with van der Waals surface area (Å²) in [5, 5.41) is 9.06. The summed E-state index contributed by atoms with van der Waals surface area (Å²) in [6, 6.07) is 5.26. The third-order valence-corrected chi connectivity index (χ3v) is 2.78. The van der Waals surface area contributed by atoms with E-state index in [1.54, 1.807) is 13.2 Å². The predicted octanol–water partition coefficient (Wildman–Crippen LogP) is 1.83. The summed E-state index contributed by atoms with van der Waals surface area (Å²) in [5.41, 5.74) is 7.10. The normalized spacial score (nSPS) is 10.7. The molecule has 0 aliphatic heterocycles. The average Bonchev–Trinajstić information content (AvgIpc) is 2.30. The zero-order valence-corrected chi connectivity index (χ0v) is 11.0. The van der Waals surface area contributed by atoms with Gasteiger partial charge in [-0.15, -0.1) is 0 Å². The van der Waals surface area contributed by atoms with Crippen LogP contribution in [0.5, 0.6) is 0 Å². The standard InChI is InChI=1S/C13H20N2O3/c1-9(2)15(7-8-18-3)11-6-4-5-10(12(11)14)13(16)17/h4-6,9H,7-8,14H2,1-3H3,(H,16,17). The van der Waals surface area contributed by atoms with Crippen LogP contribution in [0.15, 0.2) is 18.2 Å². The number of carboxylic acid groups (broad SMARTS) is 1. The third kappa shape index (κ3) is 3.13. The molecule has 0 aromatic heterocycles. The first-order valence-electron chi connectivity index (χ1n) is 5.86. The quantitative estimate of drug-likeness (QED) is 0.755. The Balaban J connectivity index is 3.12. The number of benzene rings is 1. The zero-order chi connectivity index (χ0) is 13.7. The Hall–Kier alpha value is -1.75. The molecule has 1 aromatic carbocycles. The molecule has 5 nitrogen and oxygen atoms in total. The van der Waals surface area contributed by atoms with Gasteiger partial charge >= 0.3 is 5.97 Å². The van der Waals surface area contributed by atoms with E-state index in [4.69, 9.17) is 15.6 Å². The molecular formula is C13H20N2O3. The van der Waals surface area contributed by atoms with E-state index < -0.39 is 5.97 Å². The highest BCUT2D eigenvalue weighted by molar-refractivity contribution is 5.97. The van der Waals surface area contributed by atoms with Crippen LogP contribution in [0, 0.1) is 0 Å². The second kappa shape index (κ2) is 6.26. The molecule has 3 N–H and O–H groups in total.